The molecule has 2 aromatic carbocycles. The highest BCUT2D eigenvalue weighted by atomic mass is 16.7. The number of rotatable bonds is 0. The molecule has 1 aliphatic rings. The molecule has 2 aromatic rings. The van der Waals surface area contributed by atoms with E-state index >= 15 is 0 Å². The van der Waals surface area contributed by atoms with Gasteiger partial charge >= 0.3 is 0 Å². The first-order valence-electron chi connectivity index (χ1n) is 5.53. The van der Waals surface area contributed by atoms with Crippen molar-refractivity contribution in [3.05, 3.63) is 48.5 Å². The van der Waals surface area contributed by atoms with Crippen LogP contribution in [0.1, 0.15) is 0 Å². The van der Waals surface area contributed by atoms with Crippen LogP contribution in [0.5, 0.6) is 11.5 Å². The first-order valence-corrected chi connectivity index (χ1v) is 5.53. The van der Waals surface area contributed by atoms with Crippen LogP contribution in [0.2, 0.25) is 0 Å². The molecular formula is C14H13NO2. The lowest BCUT2D eigenvalue weighted by molar-refractivity contribution is 0.119. The van der Waals surface area contributed by atoms with E-state index in [1.165, 1.54) is 0 Å². The number of hydrogen-bond donors (Lipinski definition) is 0. The van der Waals surface area contributed by atoms with Gasteiger partial charge < -0.3 is 14.4 Å². The minimum absolute atomic E-state index is 0.238. The van der Waals surface area contributed by atoms with Crippen LogP contribution in [-0.2, 0) is 0 Å². The van der Waals surface area contributed by atoms with E-state index in [1.54, 1.807) is 0 Å². The van der Waals surface area contributed by atoms with Crippen molar-refractivity contribution in [2.24, 2.45) is 0 Å². The Labute approximate surface area is 100 Å². The molecule has 0 saturated carbocycles. The largest absolute Gasteiger partial charge is 0.455 e. The molecule has 0 spiro atoms. The first kappa shape index (κ1) is 10.0. The number of fused-ring (bicyclic) bond motifs is 2. The zero-order valence-electron chi connectivity index (χ0n) is 9.59. The molecule has 1 heterocycles. The predicted molar refractivity (Wildman–Crippen MR) is 67.1 cm³/mol. The maximum absolute atomic E-state index is 5.59. The molecule has 0 fully saturated rings. The fourth-order valence-electron chi connectivity index (χ4n) is 2.00. The second-order valence-corrected chi connectivity index (χ2v) is 3.90. The van der Waals surface area contributed by atoms with Crippen LogP contribution in [0.25, 0.3) is 0 Å². The van der Waals surface area contributed by atoms with Crippen LogP contribution in [0.3, 0.4) is 0 Å². The Morgan fingerprint density at radius 3 is 1.82 bits per heavy atom. The Morgan fingerprint density at radius 2 is 1.29 bits per heavy atom. The van der Waals surface area contributed by atoms with E-state index in [0.717, 1.165) is 22.9 Å². The summed E-state index contributed by atoms with van der Waals surface area (Å²) < 4.78 is 11.2. The number of para-hydroxylation sites is 4. The summed E-state index contributed by atoms with van der Waals surface area (Å²) in [6, 6.07) is 15.9. The lowest BCUT2D eigenvalue weighted by Crippen LogP contribution is -2.17. The molecule has 0 saturated heterocycles. The quantitative estimate of drug-likeness (QED) is 0.690. The van der Waals surface area contributed by atoms with Crippen molar-refractivity contribution < 1.29 is 9.47 Å². The van der Waals surface area contributed by atoms with Crippen molar-refractivity contribution >= 4 is 11.4 Å². The fourth-order valence-corrected chi connectivity index (χ4v) is 2.00. The molecule has 3 heteroatoms. The van der Waals surface area contributed by atoms with Crippen molar-refractivity contribution in [3.63, 3.8) is 0 Å². The summed E-state index contributed by atoms with van der Waals surface area (Å²) in [6.45, 7) is 0.238. The van der Waals surface area contributed by atoms with Gasteiger partial charge in [0.25, 0.3) is 0 Å². The van der Waals surface area contributed by atoms with E-state index in [2.05, 4.69) is 4.90 Å². The molecule has 0 amide bonds. The average molecular weight is 227 g/mol. The normalized spacial score (nSPS) is 13.6. The van der Waals surface area contributed by atoms with Crippen LogP contribution in [0.15, 0.2) is 48.5 Å². The minimum atomic E-state index is 0.238. The zero-order chi connectivity index (χ0) is 11.7. The molecular weight excluding hydrogens is 214 g/mol. The van der Waals surface area contributed by atoms with E-state index in [1.807, 2.05) is 55.6 Å². The topological polar surface area (TPSA) is 21.7 Å². The number of benzene rings is 2. The summed E-state index contributed by atoms with van der Waals surface area (Å²) >= 11 is 0. The van der Waals surface area contributed by atoms with Crippen molar-refractivity contribution in [2.75, 3.05) is 18.7 Å². The molecule has 0 radical (unpaired) electrons. The molecule has 0 atom stereocenters. The summed E-state index contributed by atoms with van der Waals surface area (Å²) in [5.41, 5.74) is 2.09. The summed E-state index contributed by atoms with van der Waals surface area (Å²) in [4.78, 5) is 2.07. The molecule has 3 nitrogen and oxygen atoms in total. The van der Waals surface area contributed by atoms with Crippen LogP contribution in [0.4, 0.5) is 11.4 Å². The Hall–Kier alpha value is -2.16. The van der Waals surface area contributed by atoms with Gasteiger partial charge in [0.05, 0.1) is 11.4 Å². The molecule has 17 heavy (non-hydrogen) atoms. The lowest BCUT2D eigenvalue weighted by atomic mass is 10.2. The van der Waals surface area contributed by atoms with Crippen LogP contribution in [0, 0.1) is 0 Å². The molecule has 3 rings (SSSR count). The lowest BCUT2D eigenvalue weighted by Gasteiger charge is -2.27. The SMILES string of the molecule is CN1c2ccccc2OCOc2ccccc21. The van der Waals surface area contributed by atoms with Gasteiger partial charge in [-0.2, -0.15) is 0 Å². The maximum Gasteiger partial charge on any atom is 0.231 e. The van der Waals surface area contributed by atoms with Gasteiger partial charge in [-0.1, -0.05) is 24.3 Å². The third-order valence-electron chi connectivity index (χ3n) is 2.88. The number of hydrogen-bond acceptors (Lipinski definition) is 3. The first-order chi connectivity index (χ1) is 8.36. The summed E-state index contributed by atoms with van der Waals surface area (Å²) in [6.07, 6.45) is 0. The van der Waals surface area contributed by atoms with Gasteiger partial charge in [0.15, 0.2) is 0 Å². The van der Waals surface area contributed by atoms with Crippen LogP contribution < -0.4 is 14.4 Å². The second-order valence-electron chi connectivity index (χ2n) is 3.90. The standard InChI is InChI=1S/C14H13NO2/c1-15-11-6-2-4-8-13(11)16-10-17-14-9-5-3-7-12(14)15/h2-9H,10H2,1H3. The Balaban J connectivity index is 2.15. The fraction of sp³-hybridized carbons (Fsp3) is 0.143. The maximum atomic E-state index is 5.59. The Kier molecular flexibility index (Phi) is 2.37. The van der Waals surface area contributed by atoms with Crippen molar-refractivity contribution in [2.45, 2.75) is 0 Å². The highest BCUT2D eigenvalue weighted by molar-refractivity contribution is 5.73. The molecule has 1 aliphatic heterocycles. The van der Waals surface area contributed by atoms with E-state index in [0.29, 0.717) is 0 Å². The van der Waals surface area contributed by atoms with E-state index < -0.39 is 0 Å². The smallest absolute Gasteiger partial charge is 0.231 e. The van der Waals surface area contributed by atoms with Crippen molar-refractivity contribution in [1.29, 1.82) is 0 Å². The number of nitrogens with zero attached hydrogens (tertiary/aromatic N) is 1. The van der Waals surface area contributed by atoms with Gasteiger partial charge in [-0.3, -0.25) is 0 Å². The van der Waals surface area contributed by atoms with E-state index in [9.17, 15) is 0 Å². The highest BCUT2D eigenvalue weighted by Crippen LogP contribution is 2.38. The van der Waals surface area contributed by atoms with Crippen molar-refractivity contribution in [1.82, 2.24) is 0 Å². The van der Waals surface area contributed by atoms with Crippen LogP contribution in [-0.4, -0.2) is 13.8 Å². The molecule has 0 bridgehead atoms. The third-order valence-corrected chi connectivity index (χ3v) is 2.88. The van der Waals surface area contributed by atoms with E-state index in [4.69, 9.17) is 9.47 Å². The number of ether oxygens (including phenoxy) is 2. The van der Waals surface area contributed by atoms with Gasteiger partial charge in [0.2, 0.25) is 6.79 Å². The second kappa shape index (κ2) is 4.01. The minimum Gasteiger partial charge on any atom is -0.455 e. The van der Waals surface area contributed by atoms with Gasteiger partial charge in [-0.25, -0.2) is 0 Å². The van der Waals surface area contributed by atoms with Gasteiger partial charge in [-0.15, -0.1) is 0 Å². The summed E-state index contributed by atoms with van der Waals surface area (Å²) in [5.74, 6) is 1.68. The van der Waals surface area contributed by atoms with Gasteiger partial charge in [0.1, 0.15) is 11.5 Å². The summed E-state index contributed by atoms with van der Waals surface area (Å²) in [7, 11) is 2.01. The zero-order valence-corrected chi connectivity index (χ0v) is 9.59. The monoisotopic (exact) mass is 227 g/mol. The molecule has 0 N–H and O–H groups in total. The van der Waals surface area contributed by atoms with Crippen molar-refractivity contribution in [3.8, 4) is 11.5 Å². The predicted octanol–water partition coefficient (Wildman–Crippen LogP) is 3.18. The Bertz CT molecular complexity index is 492. The molecule has 86 valence electrons. The number of anilines is 2. The third kappa shape index (κ3) is 1.69. The molecule has 0 aliphatic carbocycles. The molecule has 0 aromatic heterocycles. The van der Waals surface area contributed by atoms with E-state index in [-0.39, 0.29) is 6.79 Å². The molecule has 0 unspecified atom stereocenters. The van der Waals surface area contributed by atoms with Crippen LogP contribution >= 0.6 is 0 Å². The summed E-state index contributed by atoms with van der Waals surface area (Å²) in [5, 5.41) is 0. The highest BCUT2D eigenvalue weighted by Gasteiger charge is 2.16. The average Bonchev–Trinajstić information content (AvgIpc) is 2.37. The van der Waals surface area contributed by atoms with Gasteiger partial charge in [0, 0.05) is 7.05 Å². The van der Waals surface area contributed by atoms with Gasteiger partial charge in [-0.05, 0) is 24.3 Å². The Morgan fingerprint density at radius 1 is 0.824 bits per heavy atom.